The number of aromatic nitrogens is 2. The lowest BCUT2D eigenvalue weighted by Gasteiger charge is -2.18. The summed E-state index contributed by atoms with van der Waals surface area (Å²) < 4.78 is 7.07. The van der Waals surface area contributed by atoms with Crippen molar-refractivity contribution >= 4 is 0 Å². The number of nitrogens with one attached hydrogen (secondary N) is 1. The number of aromatic amines is 1. The second kappa shape index (κ2) is 4.70. The van der Waals surface area contributed by atoms with Crippen molar-refractivity contribution in [3.63, 3.8) is 0 Å². The van der Waals surface area contributed by atoms with E-state index in [0.717, 1.165) is 0 Å². The molecule has 1 aliphatic heterocycles. The van der Waals surface area contributed by atoms with E-state index in [9.17, 15) is 14.7 Å². The smallest absolute Gasteiger partial charge is 0.330 e. The molecule has 0 radical (unpaired) electrons. The van der Waals surface area contributed by atoms with Crippen LogP contribution in [0.25, 0.3) is 0 Å². The topological polar surface area (TPSA) is 84.3 Å². The van der Waals surface area contributed by atoms with Crippen LogP contribution in [0.3, 0.4) is 0 Å². The first-order chi connectivity index (χ1) is 8.40. The summed E-state index contributed by atoms with van der Waals surface area (Å²) in [4.78, 5) is 25.3. The molecule has 0 saturated carbocycles. The van der Waals surface area contributed by atoms with Crippen LogP contribution in [-0.2, 0) is 4.74 Å². The molecule has 0 aliphatic carbocycles. The van der Waals surface area contributed by atoms with Gasteiger partial charge >= 0.3 is 5.69 Å². The van der Waals surface area contributed by atoms with E-state index in [1.54, 1.807) is 13.8 Å². The molecule has 2 heterocycles. The number of ether oxygens (including phenoxy) is 1. The summed E-state index contributed by atoms with van der Waals surface area (Å²) in [6, 6.07) is 0. The second-order valence-corrected chi connectivity index (χ2v) is 4.99. The van der Waals surface area contributed by atoms with Gasteiger partial charge < -0.3 is 9.84 Å². The SMILES string of the molecule is Cc1cn([C@H]2CC(C)[C@@H]([C@@H](C)O)O2)c(=O)[nH]c1=O. The first-order valence-corrected chi connectivity index (χ1v) is 6.05. The highest BCUT2D eigenvalue weighted by atomic mass is 16.5. The lowest BCUT2D eigenvalue weighted by atomic mass is 10.00. The van der Waals surface area contributed by atoms with Crippen LogP contribution in [0.15, 0.2) is 15.8 Å². The minimum Gasteiger partial charge on any atom is -0.391 e. The molecule has 1 aromatic heterocycles. The Kier molecular flexibility index (Phi) is 3.41. The van der Waals surface area contributed by atoms with Crippen LogP contribution in [0.2, 0.25) is 0 Å². The summed E-state index contributed by atoms with van der Waals surface area (Å²) in [5.41, 5.74) is -0.394. The Bertz CT molecular complexity index is 546. The van der Waals surface area contributed by atoms with Gasteiger partial charge in [-0.15, -0.1) is 0 Å². The van der Waals surface area contributed by atoms with Gasteiger partial charge in [0.25, 0.3) is 5.56 Å². The summed E-state index contributed by atoms with van der Waals surface area (Å²) in [7, 11) is 0. The van der Waals surface area contributed by atoms with Gasteiger partial charge in [-0.2, -0.15) is 0 Å². The van der Waals surface area contributed by atoms with Gasteiger partial charge in [0, 0.05) is 11.8 Å². The highest BCUT2D eigenvalue weighted by Crippen LogP contribution is 2.33. The van der Waals surface area contributed by atoms with E-state index in [1.165, 1.54) is 10.8 Å². The molecule has 4 atom stereocenters. The van der Waals surface area contributed by atoms with Crippen LogP contribution in [0.4, 0.5) is 0 Å². The summed E-state index contributed by atoms with van der Waals surface area (Å²) in [6.45, 7) is 5.28. The Morgan fingerprint density at radius 2 is 2.22 bits per heavy atom. The van der Waals surface area contributed by atoms with Crippen LogP contribution < -0.4 is 11.2 Å². The Hall–Kier alpha value is -1.40. The quantitative estimate of drug-likeness (QED) is 0.786. The summed E-state index contributed by atoms with van der Waals surface area (Å²) in [6.07, 6.45) is 0.852. The van der Waals surface area contributed by atoms with Gasteiger partial charge in [-0.05, 0) is 26.2 Å². The number of aliphatic hydroxyl groups excluding tert-OH is 1. The molecule has 0 amide bonds. The molecule has 6 nitrogen and oxygen atoms in total. The summed E-state index contributed by atoms with van der Waals surface area (Å²) in [5, 5.41) is 9.59. The first kappa shape index (κ1) is 13.0. The van der Waals surface area contributed by atoms with Crippen molar-refractivity contribution in [1.82, 2.24) is 9.55 Å². The molecule has 6 heteroatoms. The largest absolute Gasteiger partial charge is 0.391 e. The molecule has 1 fully saturated rings. The standard InChI is InChI=1S/C12H18N2O4/c1-6-4-9(18-10(6)8(3)15)14-5-7(2)11(16)13-12(14)17/h5-6,8-10,15H,4H2,1-3H3,(H,13,16,17)/t6?,8-,9-,10+/m1/s1. The molecule has 0 spiro atoms. The highest BCUT2D eigenvalue weighted by molar-refractivity contribution is 5.02. The first-order valence-electron chi connectivity index (χ1n) is 6.05. The summed E-state index contributed by atoms with van der Waals surface area (Å²) in [5.74, 6) is 0.161. The van der Waals surface area contributed by atoms with Crippen molar-refractivity contribution in [2.24, 2.45) is 5.92 Å². The Labute approximate surface area is 104 Å². The minimum absolute atomic E-state index is 0.161. The van der Waals surface area contributed by atoms with Crippen LogP contribution in [-0.4, -0.2) is 26.9 Å². The maximum atomic E-state index is 11.7. The van der Waals surface area contributed by atoms with E-state index in [-0.39, 0.29) is 17.6 Å². The number of hydrogen-bond donors (Lipinski definition) is 2. The van der Waals surface area contributed by atoms with Gasteiger partial charge in [0.15, 0.2) is 0 Å². The molecule has 100 valence electrons. The van der Waals surface area contributed by atoms with E-state index in [2.05, 4.69) is 4.98 Å². The average molecular weight is 254 g/mol. The van der Waals surface area contributed by atoms with Crippen LogP contribution in [0.1, 0.15) is 32.1 Å². The van der Waals surface area contributed by atoms with E-state index in [0.29, 0.717) is 12.0 Å². The van der Waals surface area contributed by atoms with Crippen molar-refractivity contribution in [3.8, 4) is 0 Å². The third kappa shape index (κ3) is 2.26. The zero-order chi connectivity index (χ0) is 13.4. The number of H-pyrrole nitrogens is 1. The van der Waals surface area contributed by atoms with E-state index in [1.807, 2.05) is 6.92 Å². The number of aliphatic hydroxyl groups is 1. The molecule has 2 rings (SSSR count). The number of hydrogen-bond acceptors (Lipinski definition) is 4. The third-order valence-corrected chi connectivity index (χ3v) is 3.38. The van der Waals surface area contributed by atoms with Crippen LogP contribution >= 0.6 is 0 Å². The molecule has 2 N–H and O–H groups in total. The van der Waals surface area contributed by atoms with Gasteiger partial charge in [0.2, 0.25) is 0 Å². The van der Waals surface area contributed by atoms with Gasteiger partial charge in [0.05, 0.1) is 12.2 Å². The number of rotatable bonds is 2. The van der Waals surface area contributed by atoms with Crippen molar-refractivity contribution in [1.29, 1.82) is 0 Å². The molecular formula is C12H18N2O4. The van der Waals surface area contributed by atoms with Crippen molar-refractivity contribution in [2.45, 2.75) is 45.6 Å². The Morgan fingerprint density at radius 1 is 1.56 bits per heavy atom. The third-order valence-electron chi connectivity index (χ3n) is 3.38. The molecule has 1 unspecified atom stereocenters. The van der Waals surface area contributed by atoms with Crippen molar-refractivity contribution in [3.05, 3.63) is 32.6 Å². The Balaban J connectivity index is 2.32. The zero-order valence-electron chi connectivity index (χ0n) is 10.7. The number of aryl methyl sites for hydroxylation is 1. The van der Waals surface area contributed by atoms with E-state index >= 15 is 0 Å². The molecule has 1 aliphatic rings. The second-order valence-electron chi connectivity index (χ2n) is 4.99. The van der Waals surface area contributed by atoms with Crippen molar-refractivity contribution in [2.75, 3.05) is 0 Å². The maximum Gasteiger partial charge on any atom is 0.330 e. The minimum atomic E-state index is -0.579. The van der Waals surface area contributed by atoms with E-state index < -0.39 is 18.0 Å². The lowest BCUT2D eigenvalue weighted by Crippen LogP contribution is -2.34. The van der Waals surface area contributed by atoms with Gasteiger partial charge in [0.1, 0.15) is 6.23 Å². The predicted octanol–water partition coefficient (Wildman–Crippen LogP) is 0.149. The molecule has 1 aromatic rings. The molecule has 0 aromatic carbocycles. The predicted molar refractivity (Wildman–Crippen MR) is 65.4 cm³/mol. The van der Waals surface area contributed by atoms with Gasteiger partial charge in [-0.1, -0.05) is 6.92 Å². The normalized spacial score (nSPS) is 29.4. The van der Waals surface area contributed by atoms with Gasteiger partial charge in [-0.3, -0.25) is 14.3 Å². The fourth-order valence-corrected chi connectivity index (χ4v) is 2.39. The maximum absolute atomic E-state index is 11.7. The monoisotopic (exact) mass is 254 g/mol. The zero-order valence-corrected chi connectivity index (χ0v) is 10.7. The lowest BCUT2D eigenvalue weighted by molar-refractivity contribution is -0.0625. The van der Waals surface area contributed by atoms with Crippen molar-refractivity contribution < 1.29 is 9.84 Å². The molecule has 1 saturated heterocycles. The Morgan fingerprint density at radius 3 is 2.78 bits per heavy atom. The molecular weight excluding hydrogens is 236 g/mol. The fourth-order valence-electron chi connectivity index (χ4n) is 2.39. The fraction of sp³-hybridized carbons (Fsp3) is 0.667. The average Bonchev–Trinajstić information content (AvgIpc) is 2.65. The van der Waals surface area contributed by atoms with Crippen LogP contribution in [0.5, 0.6) is 0 Å². The van der Waals surface area contributed by atoms with Crippen LogP contribution in [0, 0.1) is 12.8 Å². The summed E-state index contributed by atoms with van der Waals surface area (Å²) >= 11 is 0. The van der Waals surface area contributed by atoms with Gasteiger partial charge in [-0.25, -0.2) is 4.79 Å². The highest BCUT2D eigenvalue weighted by Gasteiger charge is 2.36. The number of nitrogens with zero attached hydrogens (tertiary/aromatic N) is 1. The van der Waals surface area contributed by atoms with E-state index in [4.69, 9.17) is 4.74 Å². The molecule has 0 bridgehead atoms. The molecule has 18 heavy (non-hydrogen) atoms.